The van der Waals surface area contributed by atoms with E-state index in [0.29, 0.717) is 0 Å². The first-order valence-electron chi connectivity index (χ1n) is 19.4. The fourth-order valence-corrected chi connectivity index (χ4v) is 11.3. The van der Waals surface area contributed by atoms with E-state index < -0.39 is 0 Å². The van der Waals surface area contributed by atoms with Crippen molar-refractivity contribution in [2.24, 2.45) is 0 Å². The Hall–Kier alpha value is -4.62. The van der Waals surface area contributed by atoms with Crippen molar-refractivity contribution in [3.63, 3.8) is 0 Å². The highest BCUT2D eigenvalue weighted by Gasteiger charge is 2.46. The third kappa shape index (κ3) is 5.93. The van der Waals surface area contributed by atoms with Crippen LogP contribution < -0.4 is 14.2 Å². The molecular weight excluding hydrogens is 900 g/mol. The lowest BCUT2D eigenvalue weighted by atomic mass is 9.77. The van der Waals surface area contributed by atoms with Crippen LogP contribution in [0.5, 0.6) is 17.2 Å². The first-order chi connectivity index (χ1) is 27.9. The monoisotopic (exact) mass is 936 g/mol. The average Bonchev–Trinajstić information content (AvgIpc) is 3.86. The van der Waals surface area contributed by atoms with E-state index >= 15 is 0 Å². The summed E-state index contributed by atoms with van der Waals surface area (Å²) in [6.45, 7) is 0. The van der Waals surface area contributed by atoms with Crippen molar-refractivity contribution in [1.82, 2.24) is 0 Å². The molecule has 3 nitrogen and oxygen atoms in total. The highest BCUT2D eigenvalue weighted by Crippen LogP contribution is 2.65. The van der Waals surface area contributed by atoms with Crippen molar-refractivity contribution in [3.8, 4) is 50.6 Å². The van der Waals surface area contributed by atoms with Crippen LogP contribution in [0.15, 0.2) is 141 Å². The Balaban J connectivity index is 1.30. The summed E-state index contributed by atoms with van der Waals surface area (Å²) in [5.41, 5.74) is 20.4. The quantitative estimate of drug-likeness (QED) is 0.144. The maximum Gasteiger partial charge on any atom is 0.119 e. The van der Waals surface area contributed by atoms with Gasteiger partial charge in [-0.1, -0.05) is 121 Å². The third-order valence-corrected chi connectivity index (χ3v) is 14.8. The number of methoxy groups -OCH3 is 3. The van der Waals surface area contributed by atoms with Gasteiger partial charge in [0.2, 0.25) is 0 Å². The second-order valence-electron chi connectivity index (χ2n) is 15.3. The summed E-state index contributed by atoms with van der Waals surface area (Å²) in [5.74, 6) is 2.98. The number of hydrogen-bond acceptors (Lipinski definition) is 3. The Labute approximate surface area is 359 Å². The molecule has 6 heteroatoms. The first-order valence-corrected chi connectivity index (χ1v) is 21.7. The molecule has 7 aromatic carbocycles. The lowest BCUT2D eigenvalue weighted by Gasteiger charge is -2.25. The molecule has 0 saturated carbocycles. The molecule has 282 valence electrons. The summed E-state index contributed by atoms with van der Waals surface area (Å²) in [7, 11) is 5.25. The van der Waals surface area contributed by atoms with E-state index in [9.17, 15) is 0 Å². The van der Waals surface area contributed by atoms with Gasteiger partial charge in [0.1, 0.15) is 17.2 Å². The number of fused-ring (bicyclic) bond motifs is 12. The molecule has 0 aliphatic heterocycles. The zero-order valence-corrected chi connectivity index (χ0v) is 36.6. The number of hydrogen-bond donors (Lipinski definition) is 0. The number of rotatable bonds is 9. The van der Waals surface area contributed by atoms with Gasteiger partial charge in [0.15, 0.2) is 0 Å². The molecule has 3 aliphatic rings. The predicted octanol–water partition coefficient (Wildman–Crippen LogP) is 14.1. The van der Waals surface area contributed by atoms with Crippen molar-refractivity contribution in [3.05, 3.63) is 191 Å². The Morgan fingerprint density at radius 3 is 0.947 bits per heavy atom. The molecule has 0 aromatic heterocycles. The van der Waals surface area contributed by atoms with Gasteiger partial charge in [0.05, 0.1) is 21.3 Å². The summed E-state index contributed by atoms with van der Waals surface area (Å²) in [6.07, 6.45) is 2.50. The summed E-state index contributed by atoms with van der Waals surface area (Å²) in [5, 5.41) is 0. The zero-order chi connectivity index (χ0) is 38.9. The maximum atomic E-state index is 5.78. The van der Waals surface area contributed by atoms with E-state index in [4.69, 9.17) is 14.2 Å². The van der Waals surface area contributed by atoms with Crippen LogP contribution in [-0.4, -0.2) is 21.3 Å². The largest absolute Gasteiger partial charge is 0.497 e. The van der Waals surface area contributed by atoms with E-state index in [1.807, 2.05) is 18.2 Å². The van der Waals surface area contributed by atoms with Crippen LogP contribution in [0.2, 0.25) is 0 Å². The predicted molar refractivity (Wildman–Crippen MR) is 241 cm³/mol. The summed E-state index contributed by atoms with van der Waals surface area (Å²) in [4.78, 5) is 0. The van der Waals surface area contributed by atoms with Gasteiger partial charge in [-0.25, -0.2) is 0 Å². The molecule has 0 bridgehead atoms. The molecular formula is C51H39Br3O3. The van der Waals surface area contributed by atoms with E-state index in [-0.39, 0.29) is 17.8 Å². The second-order valence-corrected chi connectivity index (χ2v) is 17.8. The number of ether oxygens (including phenoxy) is 3. The molecule has 0 fully saturated rings. The zero-order valence-electron chi connectivity index (χ0n) is 31.8. The van der Waals surface area contributed by atoms with E-state index in [0.717, 1.165) is 49.9 Å². The molecule has 3 atom stereocenters. The highest BCUT2D eigenvalue weighted by molar-refractivity contribution is 9.11. The van der Waals surface area contributed by atoms with Gasteiger partial charge in [-0.05, 0) is 157 Å². The summed E-state index contributed by atoms with van der Waals surface area (Å²) >= 11 is 11.8. The van der Waals surface area contributed by atoms with Crippen LogP contribution in [-0.2, 0) is 19.3 Å². The molecule has 57 heavy (non-hydrogen) atoms. The van der Waals surface area contributed by atoms with E-state index in [1.165, 1.54) is 83.5 Å². The smallest absolute Gasteiger partial charge is 0.119 e. The maximum absolute atomic E-state index is 5.78. The van der Waals surface area contributed by atoms with Crippen LogP contribution in [0.3, 0.4) is 0 Å². The lowest BCUT2D eigenvalue weighted by molar-refractivity contribution is 0.414. The van der Waals surface area contributed by atoms with Crippen molar-refractivity contribution < 1.29 is 14.2 Å². The molecule has 7 aromatic rings. The van der Waals surface area contributed by atoms with Gasteiger partial charge < -0.3 is 14.2 Å². The van der Waals surface area contributed by atoms with E-state index in [2.05, 4.69) is 157 Å². The van der Waals surface area contributed by atoms with Gasteiger partial charge in [-0.2, -0.15) is 0 Å². The van der Waals surface area contributed by atoms with Crippen LogP contribution in [0.25, 0.3) is 33.4 Å². The van der Waals surface area contributed by atoms with Crippen LogP contribution in [0, 0.1) is 0 Å². The van der Waals surface area contributed by atoms with E-state index in [1.54, 1.807) is 21.3 Å². The fraction of sp³-hybridized carbons (Fsp3) is 0.176. The molecule has 0 spiro atoms. The molecule has 0 radical (unpaired) electrons. The summed E-state index contributed by atoms with van der Waals surface area (Å²) in [6, 6.07) is 46.6. The van der Waals surface area contributed by atoms with Gasteiger partial charge in [0, 0.05) is 31.2 Å². The van der Waals surface area contributed by atoms with Gasteiger partial charge in [-0.15, -0.1) is 0 Å². The molecule has 0 amide bonds. The van der Waals surface area contributed by atoms with Gasteiger partial charge in [0.25, 0.3) is 0 Å². The van der Waals surface area contributed by atoms with Crippen LogP contribution in [0.4, 0.5) is 0 Å². The third-order valence-electron chi connectivity index (χ3n) is 12.5. The molecule has 0 saturated heterocycles. The molecule has 0 heterocycles. The van der Waals surface area contributed by atoms with Crippen LogP contribution in [0.1, 0.15) is 67.8 Å². The minimum atomic E-state index is 0.127. The normalized spacial score (nSPS) is 16.6. The Kier molecular flexibility index (Phi) is 9.43. The molecule has 0 N–H and O–H groups in total. The second kappa shape index (κ2) is 14.6. The fourth-order valence-electron chi connectivity index (χ4n) is 10.1. The highest BCUT2D eigenvalue weighted by atomic mass is 79.9. The van der Waals surface area contributed by atoms with Crippen molar-refractivity contribution in [2.75, 3.05) is 21.3 Å². The first kappa shape index (κ1) is 36.7. The minimum absolute atomic E-state index is 0.127. The van der Waals surface area contributed by atoms with Crippen LogP contribution >= 0.6 is 47.8 Å². The Morgan fingerprint density at radius 2 is 0.667 bits per heavy atom. The van der Waals surface area contributed by atoms with Crippen molar-refractivity contribution >= 4 is 47.8 Å². The van der Waals surface area contributed by atoms with Gasteiger partial charge >= 0.3 is 0 Å². The lowest BCUT2D eigenvalue weighted by Crippen LogP contribution is -2.10. The standard InChI is InChI=1S/C51H39Br3O3/c1-55-31-16-19-43(52)28(22-31)25-40-34-10-4-7-13-37(34)46-49(40)47-38-14-8-5-11-35(38)41(26-29-23-32(56-2)17-20-44(29)53)51(47)48-39-15-9-6-12-36(39)42(50(46)48)27-30-24-33(57-3)18-21-45(30)54/h4-24,40-42H,25-27H2,1-3H3/t40-,41-,42+/m1/s1. The Morgan fingerprint density at radius 1 is 0.386 bits per heavy atom. The molecule has 0 unspecified atom stereocenters. The molecule has 3 aliphatic carbocycles. The summed E-state index contributed by atoms with van der Waals surface area (Å²) < 4.78 is 20.6. The Bertz CT molecular complexity index is 2430. The number of halogens is 3. The number of benzene rings is 7. The topological polar surface area (TPSA) is 27.7 Å². The van der Waals surface area contributed by atoms with Gasteiger partial charge in [-0.3, -0.25) is 0 Å². The average molecular weight is 940 g/mol. The SMILES string of the molecule is COc1ccc(Br)c(C[C@@H]2c3ccccc3-c3c2c2c(c4c3[C@@H](Cc3cc(OC)ccc3Br)c3ccccc3-4)[C@H](Cc3cc(OC)ccc3Br)c3ccccc3-2)c1. The molecule has 10 rings (SSSR count). The van der Waals surface area contributed by atoms with Crippen molar-refractivity contribution in [1.29, 1.82) is 0 Å². The minimum Gasteiger partial charge on any atom is -0.497 e. The van der Waals surface area contributed by atoms with Crippen molar-refractivity contribution in [2.45, 2.75) is 37.0 Å².